The molecule has 10 heteroatoms. The molecule has 2 aromatic heterocycles. The zero-order valence-corrected chi connectivity index (χ0v) is 15.6. The smallest absolute Gasteiger partial charge is 0.334 e. The first-order chi connectivity index (χ1) is 14.4. The fraction of sp³-hybridized carbons (Fsp3) is 0.0500. The van der Waals surface area contributed by atoms with Crippen LogP contribution >= 0.6 is 0 Å². The lowest BCUT2D eigenvalue weighted by molar-refractivity contribution is -0.383. The van der Waals surface area contributed by atoms with Crippen LogP contribution in [-0.2, 0) is 0 Å². The average molecular weight is 408 g/mol. The summed E-state index contributed by atoms with van der Waals surface area (Å²) in [5.41, 5.74) is 1.28. The van der Waals surface area contributed by atoms with Gasteiger partial charge in [-0.15, -0.1) is 0 Å². The predicted octanol–water partition coefficient (Wildman–Crippen LogP) is 5.01. The van der Waals surface area contributed by atoms with Crippen LogP contribution in [0.2, 0.25) is 0 Å². The summed E-state index contributed by atoms with van der Waals surface area (Å²) >= 11 is 0. The first-order valence-corrected chi connectivity index (χ1v) is 8.77. The van der Waals surface area contributed by atoms with Gasteiger partial charge in [0.05, 0.1) is 16.1 Å². The van der Waals surface area contributed by atoms with Crippen molar-refractivity contribution in [3.63, 3.8) is 0 Å². The number of halogens is 2. The molecule has 2 heterocycles. The Morgan fingerprint density at radius 3 is 2.43 bits per heavy atom. The molecule has 0 fully saturated rings. The summed E-state index contributed by atoms with van der Waals surface area (Å²) in [6.07, 6.45) is 1.09. The Morgan fingerprint density at radius 2 is 1.70 bits per heavy atom. The lowest BCUT2D eigenvalue weighted by atomic mass is 10.1. The van der Waals surface area contributed by atoms with Gasteiger partial charge in [0.2, 0.25) is 11.6 Å². The van der Waals surface area contributed by atoms with E-state index in [0.29, 0.717) is 11.2 Å². The summed E-state index contributed by atoms with van der Waals surface area (Å²) in [5, 5.41) is 17.9. The Morgan fingerprint density at radius 1 is 0.967 bits per heavy atom. The van der Waals surface area contributed by atoms with Crippen LogP contribution in [0.1, 0.15) is 5.69 Å². The minimum atomic E-state index is -0.783. The Kier molecular flexibility index (Phi) is 4.88. The summed E-state index contributed by atoms with van der Waals surface area (Å²) in [6, 6.07) is 11.7. The second-order valence-corrected chi connectivity index (χ2v) is 6.38. The van der Waals surface area contributed by atoms with Gasteiger partial charge in [0.15, 0.2) is 0 Å². The molecule has 2 aromatic carbocycles. The van der Waals surface area contributed by atoms with Gasteiger partial charge in [0, 0.05) is 22.8 Å². The normalized spacial score (nSPS) is 10.8. The summed E-state index contributed by atoms with van der Waals surface area (Å²) < 4.78 is 27.4. The number of aromatic nitrogens is 3. The monoisotopic (exact) mass is 408 g/mol. The molecule has 0 bridgehead atoms. The van der Waals surface area contributed by atoms with Crippen molar-refractivity contribution in [3.8, 4) is 0 Å². The van der Waals surface area contributed by atoms with E-state index in [2.05, 4.69) is 25.6 Å². The number of pyridine rings is 1. The van der Waals surface area contributed by atoms with Crippen LogP contribution in [0.5, 0.6) is 0 Å². The highest BCUT2D eigenvalue weighted by molar-refractivity contribution is 5.94. The van der Waals surface area contributed by atoms with Crippen molar-refractivity contribution < 1.29 is 13.7 Å². The van der Waals surface area contributed by atoms with Crippen molar-refractivity contribution in [1.82, 2.24) is 15.0 Å². The molecule has 150 valence electrons. The van der Waals surface area contributed by atoms with Gasteiger partial charge in [-0.25, -0.2) is 18.7 Å². The molecule has 0 spiro atoms. The van der Waals surface area contributed by atoms with Crippen LogP contribution in [0, 0.1) is 28.7 Å². The molecule has 2 N–H and O–H groups in total. The maximum absolute atomic E-state index is 14.0. The standard InChI is InChI=1S/C20H14F2N6O2/c1-11-5-7-13-15(25-11)3-2-4-16(13)26-19-18(28(29)30)20(24-10-23-19)27-17-9-12(21)6-8-14(17)22/h2-10H,1H3,(H2,23,24,26,27). The lowest BCUT2D eigenvalue weighted by Crippen LogP contribution is -2.06. The third-order valence-corrected chi connectivity index (χ3v) is 4.31. The molecule has 4 rings (SSSR count). The third-order valence-electron chi connectivity index (χ3n) is 4.31. The summed E-state index contributed by atoms with van der Waals surface area (Å²) in [7, 11) is 0. The Balaban J connectivity index is 1.77. The van der Waals surface area contributed by atoms with Crippen molar-refractivity contribution in [3.05, 3.63) is 82.3 Å². The molecule has 0 saturated heterocycles. The van der Waals surface area contributed by atoms with Crippen LogP contribution in [0.15, 0.2) is 54.9 Å². The Bertz CT molecular complexity index is 1280. The van der Waals surface area contributed by atoms with Crippen molar-refractivity contribution in [2.24, 2.45) is 0 Å². The summed E-state index contributed by atoms with van der Waals surface area (Å²) in [6.45, 7) is 1.86. The van der Waals surface area contributed by atoms with E-state index < -0.39 is 22.2 Å². The fourth-order valence-electron chi connectivity index (χ4n) is 2.95. The maximum atomic E-state index is 14.0. The molecule has 0 aliphatic carbocycles. The van der Waals surface area contributed by atoms with E-state index in [1.807, 2.05) is 25.1 Å². The van der Waals surface area contributed by atoms with Gasteiger partial charge in [0.1, 0.15) is 18.0 Å². The third kappa shape index (κ3) is 3.70. The number of hydrogen-bond donors (Lipinski definition) is 2. The van der Waals surface area contributed by atoms with Crippen LogP contribution < -0.4 is 10.6 Å². The largest absolute Gasteiger partial charge is 0.353 e. The molecule has 0 atom stereocenters. The Labute approximate surface area is 168 Å². The van der Waals surface area contributed by atoms with E-state index in [1.54, 1.807) is 12.1 Å². The van der Waals surface area contributed by atoms with Crippen molar-refractivity contribution >= 4 is 39.6 Å². The van der Waals surface area contributed by atoms with Crippen molar-refractivity contribution in [2.45, 2.75) is 6.92 Å². The second-order valence-electron chi connectivity index (χ2n) is 6.38. The molecule has 0 unspecified atom stereocenters. The van der Waals surface area contributed by atoms with E-state index in [1.165, 1.54) is 0 Å². The number of aryl methyl sites for hydroxylation is 1. The SMILES string of the molecule is Cc1ccc2c(Nc3ncnc(Nc4cc(F)ccc4F)c3[N+](=O)[O-])cccc2n1. The molecule has 0 amide bonds. The molecule has 0 radical (unpaired) electrons. The molecule has 0 aliphatic heterocycles. The molecule has 0 aliphatic rings. The zero-order chi connectivity index (χ0) is 21.3. The van der Waals surface area contributed by atoms with Crippen molar-refractivity contribution in [1.29, 1.82) is 0 Å². The van der Waals surface area contributed by atoms with Crippen LogP contribution in [0.4, 0.5) is 37.5 Å². The number of nitrogens with zero attached hydrogens (tertiary/aromatic N) is 4. The molecule has 4 aromatic rings. The molecule has 30 heavy (non-hydrogen) atoms. The van der Waals surface area contributed by atoms with Gasteiger partial charge < -0.3 is 10.6 Å². The van der Waals surface area contributed by atoms with E-state index in [9.17, 15) is 18.9 Å². The first kappa shape index (κ1) is 19.1. The topological polar surface area (TPSA) is 106 Å². The van der Waals surface area contributed by atoms with Crippen LogP contribution in [-0.4, -0.2) is 19.9 Å². The quantitative estimate of drug-likeness (QED) is 0.353. The number of fused-ring (bicyclic) bond motifs is 1. The second kappa shape index (κ2) is 7.66. The first-order valence-electron chi connectivity index (χ1n) is 8.77. The average Bonchev–Trinajstić information content (AvgIpc) is 2.70. The van der Waals surface area contributed by atoms with Gasteiger partial charge >= 0.3 is 5.69 Å². The minimum Gasteiger partial charge on any atom is -0.334 e. The number of hydrogen-bond acceptors (Lipinski definition) is 7. The van der Waals surface area contributed by atoms with Gasteiger partial charge in [-0.3, -0.25) is 15.1 Å². The fourth-order valence-corrected chi connectivity index (χ4v) is 2.95. The van der Waals surface area contributed by atoms with Gasteiger partial charge in [-0.05, 0) is 43.3 Å². The highest BCUT2D eigenvalue weighted by Gasteiger charge is 2.24. The molecule has 8 nitrogen and oxygen atoms in total. The summed E-state index contributed by atoms with van der Waals surface area (Å²) in [5.74, 6) is -1.87. The van der Waals surface area contributed by atoms with Crippen LogP contribution in [0.3, 0.4) is 0 Å². The van der Waals surface area contributed by atoms with Gasteiger partial charge in [0.25, 0.3) is 0 Å². The number of nitro groups is 1. The number of anilines is 4. The number of nitrogens with one attached hydrogen (secondary N) is 2. The molecule has 0 saturated carbocycles. The van der Waals surface area contributed by atoms with E-state index >= 15 is 0 Å². The van der Waals surface area contributed by atoms with E-state index in [-0.39, 0.29) is 17.3 Å². The predicted molar refractivity (Wildman–Crippen MR) is 108 cm³/mol. The van der Waals surface area contributed by atoms with E-state index in [4.69, 9.17) is 0 Å². The van der Waals surface area contributed by atoms with Gasteiger partial charge in [-0.2, -0.15) is 0 Å². The highest BCUT2D eigenvalue weighted by Crippen LogP contribution is 2.35. The number of benzene rings is 2. The summed E-state index contributed by atoms with van der Waals surface area (Å²) in [4.78, 5) is 23.3. The van der Waals surface area contributed by atoms with Crippen LogP contribution in [0.25, 0.3) is 10.9 Å². The minimum absolute atomic E-state index is 0.109. The molecular formula is C20H14F2N6O2. The number of rotatable bonds is 5. The van der Waals surface area contributed by atoms with Gasteiger partial charge in [-0.1, -0.05) is 6.07 Å². The Hall–Kier alpha value is -4.21. The zero-order valence-electron chi connectivity index (χ0n) is 15.6. The van der Waals surface area contributed by atoms with E-state index in [0.717, 1.165) is 35.6 Å². The lowest BCUT2D eigenvalue weighted by Gasteiger charge is -2.12. The molecular weight excluding hydrogens is 394 g/mol. The maximum Gasteiger partial charge on any atom is 0.353 e. The highest BCUT2D eigenvalue weighted by atomic mass is 19.1. The van der Waals surface area contributed by atoms with Crippen molar-refractivity contribution in [2.75, 3.05) is 10.6 Å².